The predicted octanol–water partition coefficient (Wildman–Crippen LogP) is 40.0. The Morgan fingerprint density at radius 2 is 0.475 bits per heavy atom. The summed E-state index contributed by atoms with van der Waals surface area (Å²) >= 11 is 0. The summed E-state index contributed by atoms with van der Waals surface area (Å²) in [6.45, 7) is 42.1. The molecule has 1 heteroatoms. The van der Waals surface area contributed by atoms with Gasteiger partial charge in [-0.05, 0) is 256 Å². The van der Waals surface area contributed by atoms with Gasteiger partial charge in [0.15, 0.2) is 0 Å². The van der Waals surface area contributed by atoms with Crippen LogP contribution in [0.4, 0.5) is 0 Å². The standard InChI is InChI=1S/C28H24.2C23H24.C22H19N.2C22H22/c1-28(2,3)19-16-17-26-24-14-7-6-12-22(24)20-10-4-5-11-21(20)23-13-8-9-15-25(23)27(26)18-19;1-17-10-8-13-19(16-17)21-15-9-14-20(22(21)23(2,3)4)18-11-6-5-7-12-18;1-17-10-12-19(13-11-17)21-14-20(18-8-6-5-7-9-18)15-22(16-21)23(2,3)4;1-22(2,3)14-12-17-15-8-4-6-10-19(15)23-20-11-7-5-9-16(20)18(13-14)21(17)23;1-22(2,3)21-19(17-11-6-4-7-12-17)15-10-16-20(21)18-13-8-5-9-14-18;1-22(2,3)21-15-19(17-10-6-4-7-11-17)14-20(16-21)18-12-8-5-9-13-18/h4-18H,1-3H3;2*5-16H,1-4H3;4-13H,1-3H3;2*4-16H,1-3H3/i;5D,6D,7D,8D,10D,11D,12D,13D,16D;5D,6D,7D,8D,9D,10D,11D,12D,13D;;;. The van der Waals surface area contributed by atoms with Crippen LogP contribution in [0, 0.1) is 13.8 Å². The fourth-order valence-electron chi connectivity index (χ4n) is 18.9. The molecule has 0 atom stereocenters. The molecule has 0 aliphatic heterocycles. The smallest absolute Gasteiger partial charge is 0.0632 e. The minimum absolute atomic E-state index is 0.0280. The number of nitrogens with zero attached hydrogens (tertiary/aromatic N) is 1. The zero-order chi connectivity index (χ0) is 115. The molecular weight excluding hydrogens is 1700 g/mol. The summed E-state index contributed by atoms with van der Waals surface area (Å²) in [5.74, 6) is 0. The summed E-state index contributed by atoms with van der Waals surface area (Å²) in [4.78, 5) is 0. The van der Waals surface area contributed by atoms with Gasteiger partial charge in [-0.2, -0.15) is 0 Å². The van der Waals surface area contributed by atoms with Gasteiger partial charge in [0.05, 0.1) is 41.2 Å². The average molecular weight is 1850 g/mol. The summed E-state index contributed by atoms with van der Waals surface area (Å²) in [5, 5.41) is 5.45. The third kappa shape index (κ3) is 22.0. The highest BCUT2D eigenvalue weighted by molar-refractivity contribution is 6.23. The molecule has 0 fully saturated rings. The lowest BCUT2D eigenvalue weighted by Crippen LogP contribution is -2.14. The Morgan fingerprint density at radius 1 is 0.177 bits per heavy atom. The predicted molar refractivity (Wildman–Crippen MR) is 614 cm³/mol. The van der Waals surface area contributed by atoms with E-state index in [-0.39, 0.29) is 133 Å². The summed E-state index contributed by atoms with van der Waals surface area (Å²) < 4.78 is 150. The maximum absolute atomic E-state index is 8.59. The molecule has 141 heavy (non-hydrogen) atoms. The molecule has 700 valence electrons. The second kappa shape index (κ2) is 41.2. The van der Waals surface area contributed by atoms with E-state index < -0.39 is 41.7 Å². The monoisotopic (exact) mass is 1850 g/mol. The van der Waals surface area contributed by atoms with Crippen molar-refractivity contribution in [2.75, 3.05) is 0 Å². The molecule has 0 radical (unpaired) electrons. The summed E-state index contributed by atoms with van der Waals surface area (Å²) in [7, 11) is 0. The van der Waals surface area contributed by atoms with Gasteiger partial charge in [0.2, 0.25) is 0 Å². The first-order valence-corrected chi connectivity index (χ1v) is 48.8. The largest absolute Gasteiger partial charge is 0.308 e. The fourth-order valence-corrected chi connectivity index (χ4v) is 18.9. The Balaban J connectivity index is 0.000000129. The van der Waals surface area contributed by atoms with Crippen molar-refractivity contribution in [1.82, 2.24) is 4.40 Å². The highest BCUT2D eigenvalue weighted by Gasteiger charge is 2.30. The normalized spacial score (nSPS) is 13.6. The number of rotatable bonds is 8. The van der Waals surface area contributed by atoms with E-state index in [9.17, 15) is 0 Å². The van der Waals surface area contributed by atoms with Crippen molar-refractivity contribution in [3.8, 4) is 134 Å². The van der Waals surface area contributed by atoms with Crippen molar-refractivity contribution in [2.24, 2.45) is 0 Å². The van der Waals surface area contributed by atoms with E-state index >= 15 is 0 Å². The van der Waals surface area contributed by atoms with E-state index in [1.165, 1.54) is 156 Å². The van der Waals surface area contributed by atoms with Gasteiger partial charge in [0, 0.05) is 21.5 Å². The number of hydrogen-bond donors (Lipinski definition) is 0. The van der Waals surface area contributed by atoms with E-state index in [0.717, 1.165) is 5.56 Å². The fraction of sp³-hybridized carbons (Fsp3) is 0.186. The van der Waals surface area contributed by atoms with Crippen molar-refractivity contribution in [1.29, 1.82) is 0 Å². The zero-order valence-corrected chi connectivity index (χ0v) is 84.9. The van der Waals surface area contributed by atoms with Crippen molar-refractivity contribution >= 4 is 38.1 Å². The third-order valence-electron chi connectivity index (χ3n) is 26.1. The second-order valence-electron chi connectivity index (χ2n) is 42.7. The lowest BCUT2D eigenvalue weighted by atomic mass is 9.77. The molecule has 2 heterocycles. The van der Waals surface area contributed by atoms with Crippen LogP contribution in [0.1, 0.15) is 194 Å². The van der Waals surface area contributed by atoms with E-state index in [1.807, 2.05) is 41.5 Å². The average Bonchev–Trinajstić information content (AvgIpc) is 1.53. The molecule has 22 rings (SSSR count). The van der Waals surface area contributed by atoms with Crippen molar-refractivity contribution in [3.05, 3.63) is 499 Å². The molecule has 0 amide bonds. The number of fused-ring (bicyclic) bond motifs is 14. The second-order valence-corrected chi connectivity index (χ2v) is 42.7. The minimum Gasteiger partial charge on any atom is -0.308 e. The Bertz CT molecular complexity index is 8600. The van der Waals surface area contributed by atoms with Gasteiger partial charge >= 0.3 is 0 Å². The lowest BCUT2D eigenvalue weighted by Gasteiger charge is -2.27. The van der Waals surface area contributed by atoms with E-state index in [1.54, 1.807) is 43.3 Å². The summed E-state index contributed by atoms with van der Waals surface area (Å²) in [6, 6.07) is 117. The van der Waals surface area contributed by atoms with Gasteiger partial charge in [-0.3, -0.25) is 0 Å². The topological polar surface area (TPSA) is 4.41 Å². The van der Waals surface area contributed by atoms with Crippen LogP contribution in [0.15, 0.2) is 455 Å². The van der Waals surface area contributed by atoms with Gasteiger partial charge in [-0.25, -0.2) is 0 Å². The van der Waals surface area contributed by atoms with Gasteiger partial charge in [-0.15, -0.1) is 0 Å². The molecule has 1 aliphatic carbocycles. The van der Waals surface area contributed by atoms with Crippen LogP contribution in [0.25, 0.3) is 172 Å². The van der Waals surface area contributed by atoms with Crippen LogP contribution in [0.3, 0.4) is 0 Å². The van der Waals surface area contributed by atoms with Crippen LogP contribution in [-0.2, 0) is 32.5 Å². The molecule has 0 saturated carbocycles. The van der Waals surface area contributed by atoms with Gasteiger partial charge in [-0.1, -0.05) is 548 Å². The van der Waals surface area contributed by atoms with Crippen LogP contribution in [-0.4, -0.2) is 4.40 Å². The van der Waals surface area contributed by atoms with Crippen LogP contribution >= 0.6 is 0 Å². The van der Waals surface area contributed by atoms with Crippen molar-refractivity contribution in [2.45, 2.75) is 171 Å². The first kappa shape index (κ1) is 76.9. The van der Waals surface area contributed by atoms with Crippen molar-refractivity contribution < 1.29 is 24.7 Å². The first-order valence-electron chi connectivity index (χ1n) is 57.8. The number of para-hydroxylation sites is 2. The molecule has 0 bridgehead atoms. The van der Waals surface area contributed by atoms with E-state index in [4.69, 9.17) is 24.7 Å². The van der Waals surface area contributed by atoms with Crippen LogP contribution < -0.4 is 0 Å². The molecule has 21 aromatic rings. The highest BCUT2D eigenvalue weighted by Crippen LogP contribution is 2.51. The molecule has 2 aromatic heterocycles. The maximum atomic E-state index is 8.59. The molecular formula is C140H135N. The quantitative estimate of drug-likeness (QED) is 0.143. The molecule has 0 saturated heterocycles. The molecule has 19 aromatic carbocycles. The van der Waals surface area contributed by atoms with E-state index in [0.29, 0.717) is 27.8 Å². The Hall–Kier alpha value is -15.0. The van der Waals surface area contributed by atoms with E-state index in [2.05, 4.69) is 397 Å². The molecule has 0 N–H and O–H groups in total. The highest BCUT2D eigenvalue weighted by atomic mass is 14.9. The molecule has 1 aliphatic rings. The maximum Gasteiger partial charge on any atom is 0.0632 e. The summed E-state index contributed by atoms with van der Waals surface area (Å²) in [5.41, 5.74) is 33.8. The molecule has 0 unspecified atom stereocenters. The summed E-state index contributed by atoms with van der Waals surface area (Å²) in [6.07, 6.45) is 0. The lowest BCUT2D eigenvalue weighted by molar-refractivity contribution is 0.590. The first-order chi connectivity index (χ1) is 75.1. The van der Waals surface area contributed by atoms with Crippen LogP contribution in [0.5, 0.6) is 0 Å². The minimum atomic E-state index is -0.594. The van der Waals surface area contributed by atoms with Gasteiger partial charge in [0.25, 0.3) is 0 Å². The Kier molecular flexibility index (Phi) is 22.5. The van der Waals surface area contributed by atoms with Gasteiger partial charge < -0.3 is 4.40 Å². The van der Waals surface area contributed by atoms with Crippen LogP contribution in [0.2, 0.25) is 0 Å². The SMILES string of the molecule is CC(C)(C)c1c(-c2ccccc2)cccc1-c1ccccc1.CC(C)(C)c1cc(-c2ccccc2)cc(-c2ccccc2)c1.CC(C)(C)c1cc2c3ccccc3n3c4ccccc4c(c1)c23.CC(C)(C)c1ccc2c(c1)-c1ccccc1-c1ccccc1-c1ccccc1-2.[2H]c1c([2H])c([2H])c(-c2cc(-c3c([2H])c([2H])c(C)c([2H])c3[2H])cc(C(C)(C)C)c2)c([2H])c1[2H].[2H]c1c([2H])c([2H])c(-c2cccc(-c3c([2H])c([2H])c([2H])c(C)c3[2H])c2C(C)(C)C)c([2H])c1[2H]. The zero-order valence-electron chi connectivity index (χ0n) is 103. The van der Waals surface area contributed by atoms with Crippen molar-refractivity contribution in [3.63, 3.8) is 0 Å². The number of aromatic nitrogens is 1. The molecule has 1 nitrogen and oxygen atoms in total. The number of benzene rings is 19. The number of hydrogen-bond acceptors (Lipinski definition) is 0. The Labute approximate surface area is 865 Å². The van der Waals surface area contributed by atoms with Gasteiger partial charge in [0.1, 0.15) is 0 Å². The third-order valence-corrected chi connectivity index (χ3v) is 26.1. The molecule has 0 spiro atoms. The Morgan fingerprint density at radius 3 is 0.858 bits per heavy atom.